The van der Waals surface area contributed by atoms with Crippen LogP contribution in [-0.2, 0) is 16.1 Å². The summed E-state index contributed by atoms with van der Waals surface area (Å²) >= 11 is 1.25. The lowest BCUT2D eigenvalue weighted by molar-refractivity contribution is -0.121. The normalized spacial score (nSPS) is 17.4. The highest BCUT2D eigenvalue weighted by atomic mass is 32.1. The second kappa shape index (κ2) is 9.36. The third kappa shape index (κ3) is 4.48. The molecule has 2 unspecified atom stereocenters. The largest absolute Gasteiger partial charge is 0.391 e. The number of nitrogens with two attached hydrogens (primary N) is 2. The molecule has 6 N–H and O–H groups in total. The molecule has 3 aromatic heterocycles. The molecule has 36 heavy (non-hydrogen) atoms. The fourth-order valence-electron chi connectivity index (χ4n) is 4.18. The summed E-state index contributed by atoms with van der Waals surface area (Å²) in [5.41, 5.74) is 13.5. The molecule has 2 atom stereocenters. The fraction of sp³-hybridized carbons (Fsp3) is 0.217. The SMILES string of the molecule is NC(=O)C1CC(O)CN1C(=O)c1ccc(-c2cccc(NC(=O)Cn3cnc4c(N)ncnc43)c2)s1. The molecule has 12 nitrogen and oxygen atoms in total. The van der Waals surface area contributed by atoms with Crippen molar-refractivity contribution in [3.63, 3.8) is 0 Å². The van der Waals surface area contributed by atoms with E-state index in [9.17, 15) is 19.5 Å². The average molecular weight is 507 g/mol. The zero-order valence-electron chi connectivity index (χ0n) is 18.9. The number of nitrogens with one attached hydrogen (secondary N) is 1. The number of hydrogen-bond acceptors (Lipinski definition) is 9. The van der Waals surface area contributed by atoms with Crippen LogP contribution in [0, 0.1) is 0 Å². The molecule has 5 rings (SSSR count). The molecule has 0 aliphatic carbocycles. The number of carbonyl (C=O) groups is 3. The van der Waals surface area contributed by atoms with Crippen LogP contribution in [0.25, 0.3) is 21.6 Å². The Morgan fingerprint density at radius 2 is 2.00 bits per heavy atom. The number of primary amides is 1. The van der Waals surface area contributed by atoms with Crippen molar-refractivity contribution in [2.45, 2.75) is 25.1 Å². The van der Waals surface area contributed by atoms with E-state index in [2.05, 4.69) is 20.3 Å². The van der Waals surface area contributed by atoms with E-state index in [-0.39, 0.29) is 37.1 Å². The molecule has 0 bridgehead atoms. The number of thiophene rings is 1. The molecular weight excluding hydrogens is 484 g/mol. The third-order valence-electron chi connectivity index (χ3n) is 5.86. The molecule has 3 amide bonds. The van der Waals surface area contributed by atoms with Gasteiger partial charge in [0.1, 0.15) is 24.4 Å². The van der Waals surface area contributed by atoms with Gasteiger partial charge in [0, 0.05) is 23.5 Å². The summed E-state index contributed by atoms with van der Waals surface area (Å²) in [6.45, 7) is 0.0452. The standard InChI is InChI=1S/C23H22N8O4S/c24-20-19-22(27-10-26-20)30(11-28-19)9-18(33)29-13-3-1-2-12(6-13)16-4-5-17(36-16)23(35)31-8-14(32)7-15(31)21(25)34/h1-6,10-11,14-15,32H,7-9H2,(H2,25,34)(H,29,33)(H2,24,26,27). The van der Waals surface area contributed by atoms with Gasteiger partial charge in [-0.25, -0.2) is 15.0 Å². The maximum absolute atomic E-state index is 13.0. The lowest BCUT2D eigenvalue weighted by Gasteiger charge is -2.20. The average Bonchev–Trinajstić information content (AvgIpc) is 3.58. The van der Waals surface area contributed by atoms with Crippen molar-refractivity contribution in [3.05, 3.63) is 53.9 Å². The second-order valence-electron chi connectivity index (χ2n) is 8.36. The number of rotatable bonds is 6. The van der Waals surface area contributed by atoms with Gasteiger partial charge in [-0.05, 0) is 29.8 Å². The third-order valence-corrected chi connectivity index (χ3v) is 6.98. The van der Waals surface area contributed by atoms with E-state index in [0.717, 1.165) is 10.4 Å². The summed E-state index contributed by atoms with van der Waals surface area (Å²) in [6.07, 6.45) is 2.15. The number of anilines is 2. The van der Waals surface area contributed by atoms with Crippen LogP contribution in [0.2, 0.25) is 0 Å². The number of imidazole rings is 1. The molecule has 1 aliphatic heterocycles. The Morgan fingerprint density at radius 3 is 2.81 bits per heavy atom. The maximum atomic E-state index is 13.0. The molecule has 13 heteroatoms. The van der Waals surface area contributed by atoms with Gasteiger partial charge < -0.3 is 31.4 Å². The van der Waals surface area contributed by atoms with Gasteiger partial charge in [-0.3, -0.25) is 14.4 Å². The minimum atomic E-state index is -0.827. The number of amides is 3. The lowest BCUT2D eigenvalue weighted by atomic mass is 10.1. The van der Waals surface area contributed by atoms with Crippen molar-refractivity contribution in [2.24, 2.45) is 5.73 Å². The number of nitrogen functional groups attached to an aromatic ring is 1. The van der Waals surface area contributed by atoms with E-state index in [1.54, 1.807) is 34.9 Å². The van der Waals surface area contributed by atoms with Crippen LogP contribution >= 0.6 is 11.3 Å². The van der Waals surface area contributed by atoms with Crippen LogP contribution in [0.15, 0.2) is 49.1 Å². The zero-order chi connectivity index (χ0) is 25.4. The number of aliphatic hydroxyl groups excluding tert-OH is 1. The quantitative estimate of drug-likeness (QED) is 0.296. The number of carbonyl (C=O) groups excluding carboxylic acids is 3. The molecule has 184 valence electrons. The Hall–Kier alpha value is -4.36. The van der Waals surface area contributed by atoms with Crippen LogP contribution in [0.1, 0.15) is 16.1 Å². The minimum absolute atomic E-state index is 0.0163. The van der Waals surface area contributed by atoms with Gasteiger partial charge in [0.25, 0.3) is 5.91 Å². The molecule has 4 aromatic rings. The molecule has 1 aromatic carbocycles. The molecule has 4 heterocycles. The van der Waals surface area contributed by atoms with E-state index in [1.807, 2.05) is 6.07 Å². The predicted molar refractivity (Wildman–Crippen MR) is 133 cm³/mol. The van der Waals surface area contributed by atoms with Gasteiger partial charge in [0.2, 0.25) is 11.8 Å². The first-order valence-corrected chi connectivity index (χ1v) is 11.8. The van der Waals surface area contributed by atoms with Crippen molar-refractivity contribution in [2.75, 3.05) is 17.6 Å². The van der Waals surface area contributed by atoms with Gasteiger partial charge >= 0.3 is 0 Å². The molecule has 1 aliphatic rings. The van der Waals surface area contributed by atoms with Crippen molar-refractivity contribution in [1.29, 1.82) is 0 Å². The summed E-state index contributed by atoms with van der Waals surface area (Å²) < 4.78 is 1.58. The van der Waals surface area contributed by atoms with E-state index >= 15 is 0 Å². The highest BCUT2D eigenvalue weighted by Crippen LogP contribution is 2.32. The number of fused-ring (bicyclic) bond motifs is 1. The number of likely N-dealkylation sites (tertiary alicyclic amines) is 1. The van der Waals surface area contributed by atoms with Gasteiger partial charge in [0.15, 0.2) is 11.5 Å². The monoisotopic (exact) mass is 506 g/mol. The first kappa shape index (κ1) is 23.4. The molecule has 0 spiro atoms. The van der Waals surface area contributed by atoms with E-state index in [4.69, 9.17) is 11.5 Å². The number of nitrogens with zero attached hydrogens (tertiary/aromatic N) is 5. The highest BCUT2D eigenvalue weighted by molar-refractivity contribution is 7.17. The van der Waals surface area contributed by atoms with Gasteiger partial charge in [-0.15, -0.1) is 11.3 Å². The van der Waals surface area contributed by atoms with Crippen LogP contribution in [-0.4, -0.2) is 65.9 Å². The number of hydrogen-bond donors (Lipinski definition) is 4. The van der Waals surface area contributed by atoms with E-state index in [0.29, 0.717) is 21.7 Å². The smallest absolute Gasteiger partial charge is 0.264 e. The summed E-state index contributed by atoms with van der Waals surface area (Å²) in [5.74, 6) is -1.03. The second-order valence-corrected chi connectivity index (χ2v) is 9.45. The number of aromatic nitrogens is 4. The molecular formula is C23H22N8O4S. The van der Waals surface area contributed by atoms with Gasteiger partial charge in [-0.2, -0.15) is 0 Å². The Morgan fingerprint density at radius 1 is 1.17 bits per heavy atom. The maximum Gasteiger partial charge on any atom is 0.264 e. The van der Waals surface area contributed by atoms with Crippen molar-refractivity contribution in [3.8, 4) is 10.4 Å². The Labute approximate surface area is 208 Å². The Balaban J connectivity index is 1.29. The van der Waals surface area contributed by atoms with Crippen LogP contribution in [0.4, 0.5) is 11.5 Å². The zero-order valence-corrected chi connectivity index (χ0v) is 19.7. The summed E-state index contributed by atoms with van der Waals surface area (Å²) in [7, 11) is 0. The van der Waals surface area contributed by atoms with Crippen LogP contribution in [0.5, 0.6) is 0 Å². The van der Waals surface area contributed by atoms with Crippen molar-refractivity contribution >= 4 is 51.7 Å². The summed E-state index contributed by atoms with van der Waals surface area (Å²) in [5, 5.41) is 12.8. The Kier molecular flexibility index (Phi) is 6.08. The summed E-state index contributed by atoms with van der Waals surface area (Å²) in [4.78, 5) is 52.1. The molecule has 0 saturated carbocycles. The summed E-state index contributed by atoms with van der Waals surface area (Å²) in [6, 6.07) is 9.87. The van der Waals surface area contributed by atoms with Gasteiger partial charge in [0.05, 0.1) is 17.3 Å². The number of β-amino-alcohol motifs (C(OH)–C–C–N with tert-alkyl or cyclic N) is 1. The predicted octanol–water partition coefficient (Wildman–Crippen LogP) is 0.836. The molecule has 1 fully saturated rings. The fourth-order valence-corrected chi connectivity index (χ4v) is 5.14. The number of aliphatic hydroxyl groups is 1. The highest BCUT2D eigenvalue weighted by Gasteiger charge is 2.38. The van der Waals surface area contributed by atoms with Crippen LogP contribution < -0.4 is 16.8 Å². The minimum Gasteiger partial charge on any atom is -0.391 e. The topological polar surface area (TPSA) is 182 Å². The van der Waals surface area contributed by atoms with Crippen molar-refractivity contribution in [1.82, 2.24) is 24.4 Å². The molecule has 1 saturated heterocycles. The molecule has 0 radical (unpaired) electrons. The lowest BCUT2D eigenvalue weighted by Crippen LogP contribution is -2.43. The first-order valence-electron chi connectivity index (χ1n) is 11.0. The van der Waals surface area contributed by atoms with Crippen LogP contribution in [0.3, 0.4) is 0 Å². The van der Waals surface area contributed by atoms with E-state index < -0.39 is 18.1 Å². The Bertz CT molecular complexity index is 1480. The van der Waals surface area contributed by atoms with E-state index in [1.165, 1.54) is 28.9 Å². The van der Waals surface area contributed by atoms with Gasteiger partial charge in [-0.1, -0.05) is 12.1 Å². The number of benzene rings is 1. The first-order chi connectivity index (χ1) is 17.3. The van der Waals surface area contributed by atoms with Crippen molar-refractivity contribution < 1.29 is 19.5 Å².